The molecule has 0 spiro atoms. The molecule has 4 aliphatic heterocycles. The Bertz CT molecular complexity index is 751. The minimum atomic E-state index is -2.48. The Morgan fingerprint density at radius 1 is 1.21 bits per heavy atom. The van der Waals surface area contributed by atoms with Crippen molar-refractivity contribution in [1.82, 2.24) is 10.6 Å². The number of methoxy groups -OCH3 is 1. The van der Waals surface area contributed by atoms with E-state index >= 15 is 0 Å². The highest BCUT2D eigenvalue weighted by atomic mass is 16.8. The zero-order valence-electron chi connectivity index (χ0n) is 16.0. The predicted molar refractivity (Wildman–Crippen MR) is 90.2 cm³/mol. The van der Waals surface area contributed by atoms with Crippen molar-refractivity contribution in [2.75, 3.05) is 20.3 Å². The number of nitrogens with one attached hydrogen (secondary N) is 2. The van der Waals surface area contributed by atoms with E-state index in [0.29, 0.717) is 0 Å². The van der Waals surface area contributed by atoms with Gasteiger partial charge in [-0.25, -0.2) is 4.79 Å². The number of rotatable bonds is 3. The molecule has 0 radical (unpaired) electrons. The van der Waals surface area contributed by atoms with E-state index in [4.69, 9.17) is 14.2 Å². The largest absolute Gasteiger partial charge is 0.466 e. The van der Waals surface area contributed by atoms with E-state index in [-0.39, 0.29) is 25.2 Å². The minimum Gasteiger partial charge on any atom is -0.466 e. The Kier molecular flexibility index (Phi) is 4.79. The van der Waals surface area contributed by atoms with Crippen molar-refractivity contribution in [2.24, 2.45) is 0 Å². The van der Waals surface area contributed by atoms with Crippen molar-refractivity contribution in [1.29, 1.82) is 0 Å². The van der Waals surface area contributed by atoms with Crippen LogP contribution in [0.25, 0.3) is 0 Å². The van der Waals surface area contributed by atoms with Gasteiger partial charge in [-0.15, -0.1) is 0 Å². The van der Waals surface area contributed by atoms with Crippen LogP contribution in [-0.4, -0.2) is 77.3 Å². The summed E-state index contributed by atoms with van der Waals surface area (Å²) in [6, 6.07) is 0. The third-order valence-corrected chi connectivity index (χ3v) is 5.07. The molecule has 0 aromatic rings. The van der Waals surface area contributed by atoms with Crippen LogP contribution < -0.4 is 10.6 Å². The van der Waals surface area contributed by atoms with Gasteiger partial charge in [0.25, 0.3) is 17.5 Å². The van der Waals surface area contributed by atoms with E-state index in [0.717, 1.165) is 13.2 Å². The molecule has 0 aliphatic carbocycles. The maximum Gasteiger partial charge on any atom is 0.330 e. The summed E-state index contributed by atoms with van der Waals surface area (Å²) in [5.74, 6) is -3.88. The molecule has 4 aliphatic rings. The molecule has 4 heterocycles. The van der Waals surface area contributed by atoms with Crippen molar-refractivity contribution >= 4 is 17.8 Å². The molecule has 0 unspecified atom stereocenters. The maximum atomic E-state index is 12.9. The predicted octanol–water partition coefficient (Wildman–Crippen LogP) is -1.96. The molecule has 2 amide bonds. The summed E-state index contributed by atoms with van der Waals surface area (Å²) < 4.78 is 21.4. The van der Waals surface area contributed by atoms with Crippen LogP contribution in [0.5, 0.6) is 0 Å². The molecule has 4 saturated heterocycles. The number of fused-ring (bicyclic) bond motifs is 5. The maximum absolute atomic E-state index is 12.9. The van der Waals surface area contributed by atoms with Crippen LogP contribution in [0.1, 0.15) is 27.2 Å². The van der Waals surface area contributed by atoms with Crippen LogP contribution in [0.4, 0.5) is 0 Å². The number of hydrogen-bond acceptors (Lipinski definition) is 9. The quantitative estimate of drug-likeness (QED) is 0.312. The van der Waals surface area contributed by atoms with Crippen molar-refractivity contribution in [3.63, 3.8) is 0 Å². The zero-order valence-corrected chi connectivity index (χ0v) is 16.0. The van der Waals surface area contributed by atoms with E-state index in [1.807, 2.05) is 0 Å². The average Bonchev–Trinajstić information content (AvgIpc) is 2.90. The number of piperazine rings is 1. The fraction of sp³-hybridized carbons (Fsp3) is 0.706. The van der Waals surface area contributed by atoms with Crippen LogP contribution in [0, 0.1) is 0 Å². The second kappa shape index (κ2) is 6.49. The van der Waals surface area contributed by atoms with Gasteiger partial charge in [-0.2, -0.15) is 0 Å². The lowest BCUT2D eigenvalue weighted by atomic mass is 9.84. The van der Waals surface area contributed by atoms with E-state index in [2.05, 4.69) is 15.4 Å². The van der Waals surface area contributed by atoms with Gasteiger partial charge in [0, 0.05) is 11.6 Å². The van der Waals surface area contributed by atoms with Gasteiger partial charge < -0.3 is 39.8 Å². The van der Waals surface area contributed by atoms with Gasteiger partial charge in [0.05, 0.1) is 20.3 Å². The lowest BCUT2D eigenvalue weighted by molar-refractivity contribution is -0.240. The first-order valence-corrected chi connectivity index (χ1v) is 8.71. The molecule has 2 bridgehead atoms. The number of amides is 2. The Balaban J connectivity index is 1.97. The number of carbonyl (C=O) groups is 3. The summed E-state index contributed by atoms with van der Waals surface area (Å²) in [5, 5.41) is 26.2. The van der Waals surface area contributed by atoms with Crippen LogP contribution in [0.2, 0.25) is 0 Å². The zero-order chi connectivity index (χ0) is 21.0. The highest BCUT2D eigenvalue weighted by Gasteiger charge is 2.65. The molecular weight excluding hydrogens is 376 g/mol. The van der Waals surface area contributed by atoms with E-state index in [9.17, 15) is 24.6 Å². The molecule has 0 aromatic carbocycles. The molecule has 0 aromatic heterocycles. The molecule has 4 atom stereocenters. The van der Waals surface area contributed by atoms with Gasteiger partial charge in [-0.3, -0.25) is 9.59 Å². The first-order chi connectivity index (χ1) is 12.9. The van der Waals surface area contributed by atoms with Gasteiger partial charge in [-0.05, 0) is 27.2 Å². The molecule has 11 heteroatoms. The number of ether oxygens (including phenoxy) is 4. The normalized spacial score (nSPS) is 39.7. The first kappa shape index (κ1) is 20.7. The summed E-state index contributed by atoms with van der Waals surface area (Å²) in [7, 11) is 1.13. The monoisotopic (exact) mass is 400 g/mol. The molecule has 156 valence electrons. The van der Waals surface area contributed by atoms with E-state index in [1.165, 1.54) is 6.92 Å². The average molecular weight is 400 g/mol. The molecule has 4 N–H and O–H groups in total. The van der Waals surface area contributed by atoms with Crippen LogP contribution in [-0.2, 0) is 33.3 Å². The lowest BCUT2D eigenvalue weighted by Gasteiger charge is -2.50. The van der Waals surface area contributed by atoms with Crippen molar-refractivity contribution in [3.05, 3.63) is 11.6 Å². The molecular formula is C17H24N2O9. The van der Waals surface area contributed by atoms with Crippen molar-refractivity contribution in [3.8, 4) is 0 Å². The van der Waals surface area contributed by atoms with Gasteiger partial charge in [0.2, 0.25) is 5.72 Å². The third kappa shape index (κ3) is 3.08. The summed E-state index contributed by atoms with van der Waals surface area (Å²) >= 11 is 0. The topological polar surface area (TPSA) is 153 Å². The molecule has 4 rings (SSSR count). The van der Waals surface area contributed by atoms with Gasteiger partial charge in [0.1, 0.15) is 11.7 Å². The highest BCUT2D eigenvalue weighted by Crippen LogP contribution is 2.40. The van der Waals surface area contributed by atoms with Crippen LogP contribution in [0.3, 0.4) is 0 Å². The number of aliphatic hydroxyl groups excluding tert-OH is 1. The fourth-order valence-electron chi connectivity index (χ4n) is 3.61. The summed E-state index contributed by atoms with van der Waals surface area (Å²) in [6.45, 7) is 4.56. The van der Waals surface area contributed by atoms with Gasteiger partial charge in [0.15, 0.2) is 5.79 Å². The summed E-state index contributed by atoms with van der Waals surface area (Å²) in [5.41, 5.74) is -6.18. The summed E-state index contributed by atoms with van der Waals surface area (Å²) in [4.78, 5) is 37.2. The fourth-order valence-corrected chi connectivity index (χ4v) is 3.61. The summed E-state index contributed by atoms with van der Waals surface area (Å²) in [6.07, 6.45) is -0.829. The Morgan fingerprint density at radius 3 is 2.46 bits per heavy atom. The van der Waals surface area contributed by atoms with Gasteiger partial charge >= 0.3 is 5.97 Å². The Labute approximate surface area is 160 Å². The highest BCUT2D eigenvalue weighted by molar-refractivity contribution is 6.03. The second-order valence-corrected chi connectivity index (χ2v) is 7.65. The van der Waals surface area contributed by atoms with E-state index in [1.54, 1.807) is 13.8 Å². The number of carbonyl (C=O) groups excluding carboxylic acids is 3. The molecule has 28 heavy (non-hydrogen) atoms. The molecule has 4 fully saturated rings. The van der Waals surface area contributed by atoms with Crippen molar-refractivity contribution in [2.45, 2.75) is 56.1 Å². The smallest absolute Gasteiger partial charge is 0.330 e. The van der Waals surface area contributed by atoms with E-state index < -0.39 is 46.7 Å². The minimum absolute atomic E-state index is 0.0623. The van der Waals surface area contributed by atoms with Crippen molar-refractivity contribution < 1.29 is 43.5 Å². The first-order valence-electron chi connectivity index (χ1n) is 8.71. The number of hydrogen-bond donors (Lipinski definition) is 4. The Hall–Kier alpha value is -2.05. The Morgan fingerprint density at radius 2 is 1.89 bits per heavy atom. The molecule has 11 nitrogen and oxygen atoms in total. The molecule has 0 saturated carbocycles. The third-order valence-electron chi connectivity index (χ3n) is 5.07. The SMILES string of the molecule is COC(=O)/C=C1\CCO[C@]2([C@@H](O)[C@]3(C)COC(C)(C)O3)NC(=O)[C@@]1(O)NC2=O. The lowest BCUT2D eigenvalue weighted by Crippen LogP contribution is -2.82. The van der Waals surface area contributed by atoms with Crippen LogP contribution >= 0.6 is 0 Å². The number of esters is 1. The van der Waals surface area contributed by atoms with Gasteiger partial charge in [-0.1, -0.05) is 0 Å². The second-order valence-electron chi connectivity index (χ2n) is 7.65. The van der Waals surface area contributed by atoms with Crippen LogP contribution in [0.15, 0.2) is 11.6 Å². The standard InChI is InChI=1S/C17H24N2O9/c1-14(2)27-8-15(3,28-14)11(21)17-13(23)18-16(24,12(22)19-17)9(5-6-26-17)7-10(20)25-4/h7,11,21,24H,5-6,8H2,1-4H3,(H,18,23)(H,19,22)/b9-7+/t11-,15-,16+,17-/m0/s1. The number of aliphatic hydroxyl groups is 2.